The van der Waals surface area contributed by atoms with Gasteiger partial charge in [-0.1, -0.05) is 12.1 Å². The number of nitrogens with zero attached hydrogens (tertiary/aromatic N) is 2. The quantitative estimate of drug-likeness (QED) is 0.247. The summed E-state index contributed by atoms with van der Waals surface area (Å²) in [6, 6.07) is 10.6. The first kappa shape index (κ1) is 18.6. The van der Waals surface area contributed by atoms with E-state index >= 15 is 0 Å². The fraction of sp³-hybridized carbons (Fsp3) is 0.167. The van der Waals surface area contributed by atoms with Gasteiger partial charge in [0.25, 0.3) is 17.5 Å². The molecule has 0 saturated heterocycles. The van der Waals surface area contributed by atoms with Gasteiger partial charge in [0.2, 0.25) is 0 Å². The topological polar surface area (TPSA) is 107 Å². The lowest BCUT2D eigenvalue weighted by Crippen LogP contribution is -2.33. The molecule has 27 heavy (non-hydrogen) atoms. The first-order valence-electron chi connectivity index (χ1n) is 7.89. The number of nitro benzene ring substituents is 1. The summed E-state index contributed by atoms with van der Waals surface area (Å²) >= 11 is 1.33. The summed E-state index contributed by atoms with van der Waals surface area (Å²) in [5.41, 5.74) is 0.0713. The van der Waals surface area contributed by atoms with E-state index in [1.165, 1.54) is 23.9 Å². The van der Waals surface area contributed by atoms with E-state index in [1.807, 2.05) is 0 Å². The zero-order valence-electron chi connectivity index (χ0n) is 14.2. The Hall–Kier alpha value is -3.20. The van der Waals surface area contributed by atoms with E-state index in [4.69, 9.17) is 4.74 Å². The fourth-order valence-corrected chi connectivity index (χ4v) is 3.15. The summed E-state index contributed by atoms with van der Waals surface area (Å²) in [5, 5.41) is 11.1. The number of carbonyl (C=O) groups excluding carboxylic acids is 3. The zero-order chi connectivity index (χ0) is 19.6. The maximum atomic E-state index is 12.3. The number of rotatable bonds is 6. The third-order valence-corrected chi connectivity index (χ3v) is 4.77. The number of fused-ring (bicyclic) bond motifs is 1. The molecule has 0 aromatic heterocycles. The molecule has 1 heterocycles. The van der Waals surface area contributed by atoms with Gasteiger partial charge in [0.1, 0.15) is 12.2 Å². The van der Waals surface area contributed by atoms with E-state index in [-0.39, 0.29) is 24.4 Å². The number of hydrogen-bond donors (Lipinski definition) is 0. The molecule has 0 spiro atoms. The molecular weight excluding hydrogens is 372 g/mol. The lowest BCUT2D eigenvalue weighted by atomic mass is 10.1. The molecule has 8 nitrogen and oxygen atoms in total. The lowest BCUT2D eigenvalue weighted by molar-refractivity contribution is -0.385. The minimum absolute atomic E-state index is 0.131. The van der Waals surface area contributed by atoms with Crippen molar-refractivity contribution in [1.82, 2.24) is 4.90 Å². The first-order chi connectivity index (χ1) is 12.9. The molecule has 3 rings (SSSR count). The summed E-state index contributed by atoms with van der Waals surface area (Å²) in [7, 11) is 0. The Kier molecular flexibility index (Phi) is 5.22. The van der Waals surface area contributed by atoms with Gasteiger partial charge < -0.3 is 4.74 Å². The standard InChI is InChI=1S/C18H14N2O6S/c1-27-11-6-7-15(20(24)25)14(10-11)18(23)26-9-8-19-16(21)12-4-2-3-5-13(12)17(19)22/h2-7,10H,8-9H2,1H3. The molecule has 1 aliphatic heterocycles. The highest BCUT2D eigenvalue weighted by Crippen LogP contribution is 2.26. The van der Waals surface area contributed by atoms with Gasteiger partial charge in [-0.2, -0.15) is 0 Å². The highest BCUT2D eigenvalue weighted by atomic mass is 32.2. The fourth-order valence-electron chi connectivity index (χ4n) is 2.71. The molecule has 138 valence electrons. The maximum Gasteiger partial charge on any atom is 0.345 e. The van der Waals surface area contributed by atoms with E-state index in [2.05, 4.69) is 0 Å². The van der Waals surface area contributed by atoms with Gasteiger partial charge >= 0.3 is 5.97 Å². The second-order valence-corrected chi connectivity index (χ2v) is 6.46. The van der Waals surface area contributed by atoms with E-state index in [0.29, 0.717) is 16.0 Å². The number of imide groups is 1. The predicted octanol–water partition coefficient (Wildman–Crippen LogP) is 2.77. The monoisotopic (exact) mass is 386 g/mol. The second kappa shape index (κ2) is 7.58. The van der Waals surface area contributed by atoms with Crippen molar-refractivity contribution < 1.29 is 24.0 Å². The van der Waals surface area contributed by atoms with Gasteiger partial charge in [-0.15, -0.1) is 11.8 Å². The number of esters is 1. The molecule has 0 unspecified atom stereocenters. The molecule has 1 aliphatic rings. The Morgan fingerprint density at radius 2 is 1.78 bits per heavy atom. The Morgan fingerprint density at radius 1 is 1.15 bits per heavy atom. The van der Waals surface area contributed by atoms with E-state index in [1.54, 1.807) is 36.6 Å². The number of thioether (sulfide) groups is 1. The molecule has 2 aromatic carbocycles. The van der Waals surface area contributed by atoms with Gasteiger partial charge in [-0.05, 0) is 30.5 Å². The van der Waals surface area contributed by atoms with Gasteiger partial charge in [-0.25, -0.2) is 4.79 Å². The van der Waals surface area contributed by atoms with Gasteiger partial charge in [0, 0.05) is 11.0 Å². The number of amides is 2. The highest BCUT2D eigenvalue weighted by molar-refractivity contribution is 7.98. The average molecular weight is 386 g/mol. The van der Waals surface area contributed by atoms with Crippen LogP contribution in [0.5, 0.6) is 0 Å². The van der Waals surface area contributed by atoms with Crippen LogP contribution in [-0.2, 0) is 4.74 Å². The van der Waals surface area contributed by atoms with Crippen LogP contribution < -0.4 is 0 Å². The van der Waals surface area contributed by atoms with Crippen molar-refractivity contribution in [3.63, 3.8) is 0 Å². The number of carbonyl (C=O) groups is 3. The molecule has 2 aromatic rings. The van der Waals surface area contributed by atoms with Crippen LogP contribution in [0.4, 0.5) is 5.69 Å². The molecule has 0 bridgehead atoms. The molecule has 0 radical (unpaired) electrons. The summed E-state index contributed by atoms with van der Waals surface area (Å²) in [6.07, 6.45) is 1.78. The van der Waals surface area contributed by atoms with E-state index in [9.17, 15) is 24.5 Å². The number of hydrogen-bond acceptors (Lipinski definition) is 7. The highest BCUT2D eigenvalue weighted by Gasteiger charge is 2.35. The van der Waals surface area contributed by atoms with Crippen molar-refractivity contribution in [2.24, 2.45) is 0 Å². The number of ether oxygens (including phenoxy) is 1. The van der Waals surface area contributed by atoms with Gasteiger partial charge in [-0.3, -0.25) is 24.6 Å². The van der Waals surface area contributed by atoms with Crippen LogP contribution in [0.15, 0.2) is 47.4 Å². The van der Waals surface area contributed by atoms with Crippen molar-refractivity contribution in [2.45, 2.75) is 4.90 Å². The lowest BCUT2D eigenvalue weighted by Gasteiger charge is -2.14. The Morgan fingerprint density at radius 3 is 2.33 bits per heavy atom. The normalized spacial score (nSPS) is 12.9. The zero-order valence-corrected chi connectivity index (χ0v) is 15.0. The molecule has 9 heteroatoms. The second-order valence-electron chi connectivity index (χ2n) is 5.58. The predicted molar refractivity (Wildman–Crippen MR) is 97.0 cm³/mol. The molecule has 0 aliphatic carbocycles. The van der Waals surface area contributed by atoms with Crippen molar-refractivity contribution in [3.8, 4) is 0 Å². The van der Waals surface area contributed by atoms with Crippen LogP contribution in [0.25, 0.3) is 0 Å². The van der Waals surface area contributed by atoms with Crippen LogP contribution in [-0.4, -0.2) is 47.0 Å². The van der Waals surface area contributed by atoms with Crippen molar-refractivity contribution in [2.75, 3.05) is 19.4 Å². The molecule has 0 saturated carbocycles. The third-order valence-electron chi connectivity index (χ3n) is 4.05. The molecule has 0 atom stereocenters. The first-order valence-corrected chi connectivity index (χ1v) is 9.11. The minimum Gasteiger partial charge on any atom is -0.460 e. The van der Waals surface area contributed by atoms with Crippen molar-refractivity contribution in [1.29, 1.82) is 0 Å². The van der Waals surface area contributed by atoms with Crippen LogP contribution in [0, 0.1) is 10.1 Å². The van der Waals surface area contributed by atoms with Crippen LogP contribution in [0.1, 0.15) is 31.1 Å². The summed E-state index contributed by atoms with van der Waals surface area (Å²) in [4.78, 5) is 48.9. The molecule has 0 fully saturated rings. The Bertz CT molecular complexity index is 924. The molecule has 2 amide bonds. The smallest absolute Gasteiger partial charge is 0.345 e. The average Bonchev–Trinajstić information content (AvgIpc) is 2.92. The summed E-state index contributed by atoms with van der Waals surface area (Å²) < 4.78 is 5.08. The summed E-state index contributed by atoms with van der Waals surface area (Å²) in [6.45, 7) is -0.390. The van der Waals surface area contributed by atoms with Crippen LogP contribution in [0.2, 0.25) is 0 Å². The third kappa shape index (κ3) is 3.54. The van der Waals surface area contributed by atoms with E-state index in [0.717, 1.165) is 4.90 Å². The Labute approximate surface area is 158 Å². The van der Waals surface area contributed by atoms with Gasteiger partial charge in [0.05, 0.1) is 22.6 Å². The Balaban J connectivity index is 1.68. The number of benzene rings is 2. The van der Waals surface area contributed by atoms with Crippen molar-refractivity contribution in [3.05, 3.63) is 69.3 Å². The van der Waals surface area contributed by atoms with E-state index < -0.39 is 22.7 Å². The maximum absolute atomic E-state index is 12.3. The number of nitro groups is 1. The SMILES string of the molecule is CSc1ccc([N+](=O)[O-])c(C(=O)OCCN2C(=O)c3ccccc3C2=O)c1. The van der Waals surface area contributed by atoms with Crippen molar-refractivity contribution >= 4 is 35.2 Å². The van der Waals surface area contributed by atoms with Gasteiger partial charge in [0.15, 0.2) is 0 Å². The molecule has 0 N–H and O–H groups in total. The minimum atomic E-state index is -0.880. The van der Waals surface area contributed by atoms with Crippen LogP contribution >= 0.6 is 11.8 Å². The molecular formula is C18H14N2O6S. The summed E-state index contributed by atoms with van der Waals surface area (Å²) in [5.74, 6) is -1.79. The largest absolute Gasteiger partial charge is 0.460 e. The van der Waals surface area contributed by atoms with Crippen LogP contribution in [0.3, 0.4) is 0 Å².